The van der Waals surface area contributed by atoms with Gasteiger partial charge in [-0.3, -0.25) is 0 Å². The number of hydrogen-bond donors (Lipinski definition) is 1. The van der Waals surface area contributed by atoms with Crippen molar-refractivity contribution < 1.29 is 13.9 Å². The zero-order valence-corrected chi connectivity index (χ0v) is 10.0. The molecule has 4 heteroatoms. The lowest BCUT2D eigenvalue weighted by atomic mass is 10.2. The molecule has 0 heterocycles. The normalized spacial score (nSPS) is 10.1. The summed E-state index contributed by atoms with van der Waals surface area (Å²) in [4.78, 5) is 0. The Morgan fingerprint density at radius 2 is 1.94 bits per heavy atom. The monoisotopic (exact) mass is 247 g/mol. The van der Waals surface area contributed by atoms with Crippen LogP contribution in [0.5, 0.6) is 11.5 Å². The van der Waals surface area contributed by atoms with Crippen molar-refractivity contribution in [2.45, 2.75) is 6.61 Å². The van der Waals surface area contributed by atoms with E-state index < -0.39 is 5.82 Å². The molecular weight excluding hydrogens is 233 g/mol. The number of ether oxygens (including phenoxy) is 2. The van der Waals surface area contributed by atoms with E-state index in [0.717, 1.165) is 11.3 Å². The maximum Gasteiger partial charge on any atom is 0.149 e. The molecule has 3 nitrogen and oxygen atoms in total. The summed E-state index contributed by atoms with van der Waals surface area (Å²) in [5.41, 5.74) is 6.53. The second kappa shape index (κ2) is 5.40. The van der Waals surface area contributed by atoms with E-state index in [1.54, 1.807) is 19.2 Å². The zero-order valence-electron chi connectivity index (χ0n) is 10.0. The van der Waals surface area contributed by atoms with Gasteiger partial charge in [0, 0.05) is 0 Å². The van der Waals surface area contributed by atoms with Gasteiger partial charge in [0.05, 0.1) is 7.11 Å². The summed E-state index contributed by atoms with van der Waals surface area (Å²) in [6.07, 6.45) is 0. The van der Waals surface area contributed by atoms with Crippen LogP contribution < -0.4 is 15.2 Å². The molecule has 0 bridgehead atoms. The van der Waals surface area contributed by atoms with Gasteiger partial charge in [0.2, 0.25) is 0 Å². The van der Waals surface area contributed by atoms with E-state index in [4.69, 9.17) is 15.2 Å². The molecular formula is C14H14FNO2. The van der Waals surface area contributed by atoms with Crippen LogP contribution in [-0.4, -0.2) is 7.11 Å². The second-order valence-corrected chi connectivity index (χ2v) is 3.79. The summed E-state index contributed by atoms with van der Waals surface area (Å²) < 4.78 is 23.8. The lowest BCUT2D eigenvalue weighted by Gasteiger charge is -2.10. The Morgan fingerprint density at radius 3 is 2.72 bits per heavy atom. The minimum Gasteiger partial charge on any atom is -0.497 e. The fourth-order valence-electron chi connectivity index (χ4n) is 1.57. The summed E-state index contributed by atoms with van der Waals surface area (Å²) in [5, 5.41) is 0. The van der Waals surface area contributed by atoms with Gasteiger partial charge >= 0.3 is 0 Å². The van der Waals surface area contributed by atoms with E-state index in [-0.39, 0.29) is 5.69 Å². The van der Waals surface area contributed by atoms with Crippen LogP contribution in [0.1, 0.15) is 5.56 Å². The fourth-order valence-corrected chi connectivity index (χ4v) is 1.57. The molecule has 2 aromatic rings. The van der Waals surface area contributed by atoms with E-state index in [2.05, 4.69) is 0 Å². The molecule has 0 saturated heterocycles. The van der Waals surface area contributed by atoms with Gasteiger partial charge in [-0.1, -0.05) is 18.2 Å². The maximum atomic E-state index is 13.2. The SMILES string of the molecule is COc1cccc(COc2cccc(F)c2N)c1. The number of hydrogen-bond acceptors (Lipinski definition) is 3. The second-order valence-electron chi connectivity index (χ2n) is 3.79. The average Bonchev–Trinajstić information content (AvgIpc) is 2.41. The van der Waals surface area contributed by atoms with Crippen molar-refractivity contribution in [2.75, 3.05) is 12.8 Å². The number of nitrogen functional groups attached to an aromatic ring is 1. The quantitative estimate of drug-likeness (QED) is 0.845. The number of para-hydroxylation sites is 1. The van der Waals surface area contributed by atoms with Gasteiger partial charge in [0.15, 0.2) is 0 Å². The number of benzene rings is 2. The minimum atomic E-state index is -0.474. The average molecular weight is 247 g/mol. The van der Waals surface area contributed by atoms with Gasteiger partial charge in [-0.05, 0) is 29.8 Å². The molecule has 0 aliphatic heterocycles. The number of rotatable bonds is 4. The number of anilines is 1. The predicted octanol–water partition coefficient (Wildman–Crippen LogP) is 3.00. The summed E-state index contributed by atoms with van der Waals surface area (Å²) in [6, 6.07) is 12.0. The van der Waals surface area contributed by atoms with Crippen LogP contribution in [0.2, 0.25) is 0 Å². The third-order valence-corrected chi connectivity index (χ3v) is 2.54. The van der Waals surface area contributed by atoms with Gasteiger partial charge in [0.25, 0.3) is 0 Å². The minimum absolute atomic E-state index is 0.0281. The summed E-state index contributed by atoms with van der Waals surface area (Å²) in [7, 11) is 1.60. The Morgan fingerprint density at radius 1 is 1.17 bits per heavy atom. The fraction of sp³-hybridized carbons (Fsp3) is 0.143. The van der Waals surface area contributed by atoms with Gasteiger partial charge in [-0.25, -0.2) is 4.39 Å². The highest BCUT2D eigenvalue weighted by Gasteiger charge is 2.05. The Hall–Kier alpha value is -2.23. The van der Waals surface area contributed by atoms with Crippen LogP contribution >= 0.6 is 0 Å². The summed E-state index contributed by atoms with van der Waals surface area (Å²) in [6.45, 7) is 0.310. The molecule has 0 radical (unpaired) electrons. The molecule has 0 aliphatic carbocycles. The van der Waals surface area contributed by atoms with Gasteiger partial charge in [0.1, 0.15) is 29.6 Å². The maximum absolute atomic E-state index is 13.2. The zero-order chi connectivity index (χ0) is 13.0. The summed E-state index contributed by atoms with van der Waals surface area (Å²) in [5.74, 6) is 0.624. The van der Waals surface area contributed by atoms with E-state index in [0.29, 0.717) is 12.4 Å². The summed E-state index contributed by atoms with van der Waals surface area (Å²) >= 11 is 0. The molecule has 2 aromatic carbocycles. The molecule has 94 valence electrons. The van der Waals surface area contributed by atoms with Crippen LogP contribution in [0.3, 0.4) is 0 Å². The van der Waals surface area contributed by atoms with Crippen molar-refractivity contribution in [1.82, 2.24) is 0 Å². The first kappa shape index (κ1) is 12.2. The first-order valence-corrected chi connectivity index (χ1v) is 5.50. The van der Waals surface area contributed by atoms with Crippen LogP contribution in [0.15, 0.2) is 42.5 Å². The van der Waals surface area contributed by atoms with Crippen molar-refractivity contribution >= 4 is 5.69 Å². The smallest absolute Gasteiger partial charge is 0.149 e. The lowest BCUT2D eigenvalue weighted by molar-refractivity contribution is 0.305. The third kappa shape index (κ3) is 2.71. The standard InChI is InChI=1S/C14H14FNO2/c1-17-11-5-2-4-10(8-11)9-18-13-7-3-6-12(15)14(13)16/h2-8H,9,16H2,1H3. The first-order valence-electron chi connectivity index (χ1n) is 5.50. The molecule has 0 unspecified atom stereocenters. The van der Waals surface area contributed by atoms with Gasteiger partial charge < -0.3 is 15.2 Å². The number of methoxy groups -OCH3 is 1. The highest BCUT2D eigenvalue weighted by Crippen LogP contribution is 2.25. The molecule has 0 fully saturated rings. The van der Waals surface area contributed by atoms with Crippen LogP contribution in [-0.2, 0) is 6.61 Å². The Kier molecular flexibility index (Phi) is 3.67. The molecule has 0 amide bonds. The van der Waals surface area contributed by atoms with Crippen molar-refractivity contribution in [1.29, 1.82) is 0 Å². The molecule has 0 aliphatic rings. The van der Waals surface area contributed by atoms with Crippen LogP contribution in [0.25, 0.3) is 0 Å². The highest BCUT2D eigenvalue weighted by molar-refractivity contribution is 5.53. The van der Waals surface area contributed by atoms with Gasteiger partial charge in [-0.15, -0.1) is 0 Å². The predicted molar refractivity (Wildman–Crippen MR) is 68.1 cm³/mol. The highest BCUT2D eigenvalue weighted by atomic mass is 19.1. The molecule has 0 saturated carbocycles. The molecule has 2 rings (SSSR count). The van der Waals surface area contributed by atoms with E-state index in [9.17, 15) is 4.39 Å². The molecule has 0 atom stereocenters. The van der Waals surface area contributed by atoms with E-state index in [1.807, 2.05) is 24.3 Å². The van der Waals surface area contributed by atoms with Crippen molar-refractivity contribution in [3.63, 3.8) is 0 Å². The molecule has 0 aromatic heterocycles. The first-order chi connectivity index (χ1) is 8.70. The lowest BCUT2D eigenvalue weighted by Crippen LogP contribution is -2.00. The molecule has 18 heavy (non-hydrogen) atoms. The third-order valence-electron chi connectivity index (χ3n) is 2.54. The Balaban J connectivity index is 2.09. The topological polar surface area (TPSA) is 44.5 Å². The molecule has 2 N–H and O–H groups in total. The molecule has 0 spiro atoms. The van der Waals surface area contributed by atoms with E-state index >= 15 is 0 Å². The van der Waals surface area contributed by atoms with Crippen molar-refractivity contribution in [2.24, 2.45) is 0 Å². The number of nitrogens with two attached hydrogens (primary N) is 1. The number of halogens is 1. The van der Waals surface area contributed by atoms with Crippen molar-refractivity contribution in [3.8, 4) is 11.5 Å². The van der Waals surface area contributed by atoms with Crippen molar-refractivity contribution in [3.05, 3.63) is 53.8 Å². The van der Waals surface area contributed by atoms with Crippen LogP contribution in [0.4, 0.5) is 10.1 Å². The Labute approximate surface area is 105 Å². The van der Waals surface area contributed by atoms with Crippen LogP contribution in [0, 0.1) is 5.82 Å². The van der Waals surface area contributed by atoms with E-state index in [1.165, 1.54) is 6.07 Å². The van der Waals surface area contributed by atoms with Gasteiger partial charge in [-0.2, -0.15) is 0 Å². The largest absolute Gasteiger partial charge is 0.497 e. The Bertz CT molecular complexity index is 543.